The van der Waals surface area contributed by atoms with Crippen molar-refractivity contribution in [1.29, 1.82) is 0 Å². The number of benzene rings is 3. The number of likely N-dealkylation sites (N-methyl/N-ethyl adjacent to an activating group) is 1. The van der Waals surface area contributed by atoms with Crippen LogP contribution in [-0.2, 0) is 39.4 Å². The molecule has 58 heavy (non-hydrogen) atoms. The maximum absolute atomic E-state index is 14.4. The first-order valence-corrected chi connectivity index (χ1v) is 19.6. The van der Waals surface area contributed by atoms with Gasteiger partial charge in [-0.1, -0.05) is 62.4 Å². The van der Waals surface area contributed by atoms with E-state index in [2.05, 4.69) is 18.7 Å². The highest BCUT2D eigenvalue weighted by atomic mass is 32.2. The molecule has 0 aliphatic heterocycles. The van der Waals surface area contributed by atoms with Crippen molar-refractivity contribution in [2.24, 2.45) is 0 Å². The predicted molar refractivity (Wildman–Crippen MR) is 209 cm³/mol. The van der Waals surface area contributed by atoms with Gasteiger partial charge in [-0.25, -0.2) is 18.4 Å². The highest BCUT2D eigenvalue weighted by Gasteiger charge is 2.30. The van der Waals surface area contributed by atoms with Crippen LogP contribution in [0.2, 0.25) is 0 Å². The fourth-order valence-corrected chi connectivity index (χ4v) is 7.63. The number of carboxylic acids is 2. The number of amides is 1. The number of hydrogen-bond donors (Lipinski definition) is 4. The summed E-state index contributed by atoms with van der Waals surface area (Å²) >= 11 is 2.49. The Labute approximate surface area is 337 Å². The predicted octanol–water partition coefficient (Wildman–Crippen LogP) is 6.57. The standard InChI is InChI=1S/C36H34F5N3O2S2.C4H6O6/c1-3-42(4-2)17-18-43(21-24-8-10-25(11-9-24)26-12-14-28(15-13-26)36(39,40)41)32(46)22-44-33(20-31(45)29-16-19-47-35(29)44)48-23-27-6-5-7-30(37)34(27)38;5-1(3(7)8)2(6)4(9)10/h5-16,19-20H,3-4,17-18,21-23H2,1-2H3;1-2,5-6H,(H,7,8)(H,9,10). The molecule has 11 nitrogen and oxygen atoms in total. The Balaban J connectivity index is 0.000000657. The van der Waals surface area contributed by atoms with Crippen molar-refractivity contribution in [3.63, 3.8) is 0 Å². The van der Waals surface area contributed by atoms with Crippen LogP contribution in [0, 0.1) is 11.6 Å². The number of thiophene rings is 1. The summed E-state index contributed by atoms with van der Waals surface area (Å²) in [4.78, 5) is 51.1. The van der Waals surface area contributed by atoms with Crippen LogP contribution >= 0.6 is 23.1 Å². The summed E-state index contributed by atoms with van der Waals surface area (Å²) in [6, 6.07) is 19.4. The van der Waals surface area contributed by atoms with Crippen molar-refractivity contribution in [3.05, 3.63) is 123 Å². The van der Waals surface area contributed by atoms with Crippen molar-refractivity contribution in [2.75, 3.05) is 26.2 Å². The van der Waals surface area contributed by atoms with Crippen molar-refractivity contribution >= 4 is 51.2 Å². The van der Waals surface area contributed by atoms with Gasteiger partial charge < -0.3 is 34.8 Å². The second-order valence-corrected chi connectivity index (χ2v) is 14.6. The molecule has 3 aromatic carbocycles. The maximum Gasteiger partial charge on any atom is 0.416 e. The quantitative estimate of drug-likeness (QED) is 0.0632. The smallest absolute Gasteiger partial charge is 0.416 e. The van der Waals surface area contributed by atoms with Crippen molar-refractivity contribution < 1.29 is 56.8 Å². The van der Waals surface area contributed by atoms with Crippen LogP contribution in [0.4, 0.5) is 22.0 Å². The van der Waals surface area contributed by atoms with E-state index in [0.29, 0.717) is 33.9 Å². The van der Waals surface area contributed by atoms with Gasteiger partial charge in [-0.15, -0.1) is 23.1 Å². The van der Waals surface area contributed by atoms with Gasteiger partial charge in [-0.05, 0) is 59.4 Å². The number of rotatable bonds is 16. The van der Waals surface area contributed by atoms with E-state index in [1.165, 1.54) is 41.7 Å². The summed E-state index contributed by atoms with van der Waals surface area (Å²) in [6.07, 6.45) is -8.94. The molecule has 2 aromatic heterocycles. The molecule has 0 bridgehead atoms. The average molecular weight is 850 g/mol. The maximum atomic E-state index is 14.4. The number of carbonyl (C=O) groups is 3. The van der Waals surface area contributed by atoms with Gasteiger partial charge in [0.25, 0.3) is 0 Å². The molecule has 0 aliphatic rings. The summed E-state index contributed by atoms with van der Waals surface area (Å²) < 4.78 is 69.1. The van der Waals surface area contributed by atoms with E-state index < -0.39 is 47.5 Å². The minimum atomic E-state index is -4.41. The number of aliphatic hydroxyl groups excluding tert-OH is 2. The van der Waals surface area contributed by atoms with Crippen LogP contribution in [0.5, 0.6) is 0 Å². The molecule has 0 spiro atoms. The fraction of sp³-hybridized carbons (Fsp3) is 0.300. The number of alkyl halides is 3. The number of carbonyl (C=O) groups excluding carboxylic acids is 1. The molecule has 2 heterocycles. The van der Waals surface area contributed by atoms with Crippen molar-refractivity contribution in [2.45, 2.75) is 56.1 Å². The van der Waals surface area contributed by atoms with E-state index in [9.17, 15) is 41.1 Å². The normalized spacial score (nSPS) is 12.5. The highest BCUT2D eigenvalue weighted by Crippen LogP contribution is 2.32. The molecular formula is C40H40F5N3O8S2. The molecule has 2 unspecified atom stereocenters. The molecule has 0 aliphatic carbocycles. The van der Waals surface area contributed by atoms with Crippen LogP contribution in [0.15, 0.2) is 94.1 Å². The lowest BCUT2D eigenvalue weighted by atomic mass is 10.0. The third-order valence-electron chi connectivity index (χ3n) is 8.99. The van der Waals surface area contributed by atoms with E-state index in [-0.39, 0.29) is 35.7 Å². The second kappa shape index (κ2) is 20.5. The lowest BCUT2D eigenvalue weighted by molar-refractivity contribution is -0.165. The molecule has 1 amide bonds. The number of nitrogens with zero attached hydrogens (tertiary/aromatic N) is 3. The van der Waals surface area contributed by atoms with E-state index in [4.69, 9.17) is 20.4 Å². The Morgan fingerprint density at radius 3 is 1.98 bits per heavy atom. The number of hydrogen-bond acceptors (Lipinski definition) is 9. The van der Waals surface area contributed by atoms with Crippen LogP contribution in [0.1, 0.15) is 30.5 Å². The van der Waals surface area contributed by atoms with E-state index in [1.54, 1.807) is 20.9 Å². The second-order valence-electron chi connectivity index (χ2n) is 12.8. The third-order valence-corrected chi connectivity index (χ3v) is 11.0. The number of pyridine rings is 1. The first-order valence-electron chi connectivity index (χ1n) is 17.7. The van der Waals surface area contributed by atoms with Crippen LogP contribution < -0.4 is 5.43 Å². The molecule has 5 rings (SSSR count). The van der Waals surface area contributed by atoms with E-state index in [0.717, 1.165) is 54.2 Å². The zero-order valence-electron chi connectivity index (χ0n) is 31.2. The Bertz CT molecular complexity index is 2230. The fourth-order valence-electron chi connectivity index (χ4n) is 5.62. The summed E-state index contributed by atoms with van der Waals surface area (Å²) in [7, 11) is 0. The number of aliphatic carboxylic acids is 2. The minimum absolute atomic E-state index is 0.0606. The van der Waals surface area contributed by atoms with Gasteiger partial charge in [0.1, 0.15) is 11.4 Å². The zero-order valence-corrected chi connectivity index (χ0v) is 32.8. The first kappa shape index (κ1) is 45.6. The topological polar surface area (TPSA) is 161 Å². The molecule has 0 radical (unpaired) electrons. The number of fused-ring (bicyclic) bond motifs is 1. The average Bonchev–Trinajstić information content (AvgIpc) is 3.70. The molecule has 18 heteroatoms. The monoisotopic (exact) mass is 849 g/mol. The van der Waals surface area contributed by atoms with Gasteiger partial charge in [0.05, 0.1) is 16.0 Å². The lowest BCUT2D eigenvalue weighted by Crippen LogP contribution is -2.40. The third kappa shape index (κ3) is 12.0. The van der Waals surface area contributed by atoms with Gasteiger partial charge in [-0.3, -0.25) is 9.59 Å². The van der Waals surface area contributed by atoms with Crippen molar-refractivity contribution in [3.8, 4) is 11.1 Å². The van der Waals surface area contributed by atoms with E-state index >= 15 is 0 Å². The Kier molecular flexibility index (Phi) is 16.1. The van der Waals surface area contributed by atoms with Gasteiger partial charge in [0, 0.05) is 37.0 Å². The number of thioether (sulfide) groups is 1. The SMILES string of the molecule is CCN(CC)CCN(Cc1ccc(-c2ccc(C(F)(F)F)cc2)cc1)C(=O)Cn1c(SCc2cccc(F)c2F)cc(=O)c2ccsc21.O=C(O)C(O)C(O)C(=O)O. The molecule has 0 saturated carbocycles. The summed E-state index contributed by atoms with van der Waals surface area (Å²) in [5.41, 5.74) is 1.45. The molecular weight excluding hydrogens is 810 g/mol. The van der Waals surface area contributed by atoms with Crippen LogP contribution in [0.25, 0.3) is 21.3 Å². The van der Waals surface area contributed by atoms with Gasteiger partial charge in [0.2, 0.25) is 5.91 Å². The lowest BCUT2D eigenvalue weighted by Gasteiger charge is -2.28. The van der Waals surface area contributed by atoms with Gasteiger partial charge >= 0.3 is 18.1 Å². The van der Waals surface area contributed by atoms with Crippen molar-refractivity contribution in [1.82, 2.24) is 14.4 Å². The Hall–Kier alpha value is -5.14. The highest BCUT2D eigenvalue weighted by molar-refractivity contribution is 7.98. The summed E-state index contributed by atoms with van der Waals surface area (Å²) in [5.74, 6) is -5.56. The number of aliphatic hydroxyl groups is 2. The van der Waals surface area contributed by atoms with E-state index in [1.807, 2.05) is 24.3 Å². The van der Waals surface area contributed by atoms with Gasteiger partial charge in [-0.2, -0.15) is 13.2 Å². The first-order chi connectivity index (χ1) is 27.4. The minimum Gasteiger partial charge on any atom is -0.479 e. The summed E-state index contributed by atoms with van der Waals surface area (Å²) in [5, 5.41) is 35.3. The summed E-state index contributed by atoms with van der Waals surface area (Å²) in [6.45, 7) is 7.02. The van der Waals surface area contributed by atoms with Gasteiger partial charge in [0.15, 0.2) is 29.3 Å². The molecule has 2 atom stereocenters. The molecule has 4 N–H and O–H groups in total. The number of carboxylic acid groups (broad SMARTS) is 2. The van der Waals surface area contributed by atoms with Crippen LogP contribution in [-0.4, -0.2) is 91.0 Å². The number of halogens is 5. The molecule has 0 fully saturated rings. The number of aromatic nitrogens is 1. The molecule has 0 saturated heterocycles. The Morgan fingerprint density at radius 2 is 1.43 bits per heavy atom. The van der Waals surface area contributed by atoms with Crippen LogP contribution in [0.3, 0.4) is 0 Å². The molecule has 5 aromatic rings. The zero-order chi connectivity index (χ0) is 42.7. The molecule has 310 valence electrons. The Morgan fingerprint density at radius 1 is 0.845 bits per heavy atom. The largest absolute Gasteiger partial charge is 0.479 e.